The molecule has 58 valence electrons. The minimum absolute atomic E-state index is 0.456. The molecule has 1 rings (SSSR count). The minimum atomic E-state index is -0.456. The molecule has 0 aromatic carbocycles. The first kappa shape index (κ1) is 7.72. The summed E-state index contributed by atoms with van der Waals surface area (Å²) in [5, 5.41) is 12.5. The second-order valence-electron chi connectivity index (χ2n) is 2.44. The summed E-state index contributed by atoms with van der Waals surface area (Å²) in [6.07, 6.45) is 1.10. The molecule has 0 radical (unpaired) electrons. The zero-order valence-electron chi connectivity index (χ0n) is 6.08. The number of piperazine rings is 1. The highest BCUT2D eigenvalue weighted by Crippen LogP contribution is 1.97. The number of hydrogen-bond donors (Lipinski definition) is 2. The van der Waals surface area contributed by atoms with Crippen molar-refractivity contribution in [3.05, 3.63) is 12.7 Å². The van der Waals surface area contributed by atoms with E-state index in [0.29, 0.717) is 0 Å². The molecule has 1 fully saturated rings. The summed E-state index contributed by atoms with van der Waals surface area (Å²) in [4.78, 5) is 1.99. The van der Waals surface area contributed by atoms with Crippen LogP contribution in [0.2, 0.25) is 0 Å². The second kappa shape index (κ2) is 3.71. The molecule has 0 aromatic rings. The van der Waals surface area contributed by atoms with Crippen LogP contribution in [0.25, 0.3) is 0 Å². The van der Waals surface area contributed by atoms with Crippen LogP contribution in [-0.4, -0.2) is 42.4 Å². The molecule has 0 bridgehead atoms. The normalized spacial score (nSPS) is 24.1. The summed E-state index contributed by atoms with van der Waals surface area (Å²) in [6.45, 7) is 7.27. The Bertz CT molecular complexity index is 110. The number of rotatable bonds is 2. The lowest BCUT2D eigenvalue weighted by Gasteiger charge is -2.29. The fraction of sp³-hybridized carbons (Fsp3) is 0.714. The molecule has 3 nitrogen and oxygen atoms in total. The van der Waals surface area contributed by atoms with E-state index in [-0.39, 0.29) is 0 Å². The molecule has 10 heavy (non-hydrogen) atoms. The second-order valence-corrected chi connectivity index (χ2v) is 2.44. The van der Waals surface area contributed by atoms with Crippen molar-refractivity contribution in [2.75, 3.05) is 26.2 Å². The summed E-state index contributed by atoms with van der Waals surface area (Å²) in [5.74, 6) is 0. The van der Waals surface area contributed by atoms with Crippen molar-refractivity contribution < 1.29 is 5.11 Å². The zero-order chi connectivity index (χ0) is 7.40. The van der Waals surface area contributed by atoms with E-state index in [0.717, 1.165) is 26.2 Å². The maximum absolute atomic E-state index is 9.26. The predicted octanol–water partition coefficient (Wildman–Crippen LogP) is -0.604. The molecule has 3 heteroatoms. The molecule has 1 unspecified atom stereocenters. The van der Waals surface area contributed by atoms with Crippen molar-refractivity contribution in [3.63, 3.8) is 0 Å². The molecular weight excluding hydrogens is 128 g/mol. The first-order valence-corrected chi connectivity index (χ1v) is 3.60. The standard InChI is InChI=1S/C7H14N2O/c1-2-7(10)9-5-3-8-4-6-9/h2,7-8,10H,1,3-6H2. The largest absolute Gasteiger partial charge is 0.375 e. The average Bonchev–Trinajstić information content (AvgIpc) is 2.05. The SMILES string of the molecule is C=CC(O)N1CCNCC1. The summed E-state index contributed by atoms with van der Waals surface area (Å²) >= 11 is 0. The third-order valence-corrected chi connectivity index (χ3v) is 1.74. The van der Waals surface area contributed by atoms with Crippen molar-refractivity contribution in [2.45, 2.75) is 6.23 Å². The van der Waals surface area contributed by atoms with Crippen molar-refractivity contribution in [2.24, 2.45) is 0 Å². The third-order valence-electron chi connectivity index (χ3n) is 1.74. The van der Waals surface area contributed by atoms with Crippen LogP contribution in [0, 0.1) is 0 Å². The van der Waals surface area contributed by atoms with Gasteiger partial charge in [-0.15, -0.1) is 0 Å². The van der Waals surface area contributed by atoms with Gasteiger partial charge >= 0.3 is 0 Å². The van der Waals surface area contributed by atoms with Gasteiger partial charge < -0.3 is 10.4 Å². The Hall–Kier alpha value is -0.380. The Morgan fingerprint density at radius 1 is 1.50 bits per heavy atom. The molecule has 0 amide bonds. The van der Waals surface area contributed by atoms with Gasteiger partial charge in [-0.2, -0.15) is 0 Å². The van der Waals surface area contributed by atoms with Crippen LogP contribution in [0.4, 0.5) is 0 Å². The molecule has 1 heterocycles. The summed E-state index contributed by atoms with van der Waals surface area (Å²) in [7, 11) is 0. The van der Waals surface area contributed by atoms with Gasteiger partial charge in [0.1, 0.15) is 6.23 Å². The molecule has 2 N–H and O–H groups in total. The molecular formula is C7H14N2O. The van der Waals surface area contributed by atoms with E-state index in [9.17, 15) is 5.11 Å². The van der Waals surface area contributed by atoms with Crippen LogP contribution < -0.4 is 5.32 Å². The van der Waals surface area contributed by atoms with Gasteiger partial charge in [0, 0.05) is 26.2 Å². The van der Waals surface area contributed by atoms with Gasteiger partial charge in [0.25, 0.3) is 0 Å². The van der Waals surface area contributed by atoms with E-state index >= 15 is 0 Å². The molecule has 1 aliphatic rings. The van der Waals surface area contributed by atoms with Gasteiger partial charge in [0.2, 0.25) is 0 Å². The smallest absolute Gasteiger partial charge is 0.126 e. The number of nitrogens with zero attached hydrogens (tertiary/aromatic N) is 1. The van der Waals surface area contributed by atoms with Crippen molar-refractivity contribution in [1.82, 2.24) is 10.2 Å². The van der Waals surface area contributed by atoms with Crippen LogP contribution in [0.15, 0.2) is 12.7 Å². The van der Waals surface area contributed by atoms with E-state index in [1.165, 1.54) is 0 Å². The van der Waals surface area contributed by atoms with E-state index in [4.69, 9.17) is 0 Å². The van der Waals surface area contributed by atoms with Crippen molar-refractivity contribution >= 4 is 0 Å². The van der Waals surface area contributed by atoms with Gasteiger partial charge in [-0.3, -0.25) is 4.90 Å². The van der Waals surface area contributed by atoms with E-state index in [1.54, 1.807) is 6.08 Å². The maximum Gasteiger partial charge on any atom is 0.126 e. The summed E-state index contributed by atoms with van der Waals surface area (Å²) < 4.78 is 0. The van der Waals surface area contributed by atoms with Gasteiger partial charge in [0.05, 0.1) is 0 Å². The van der Waals surface area contributed by atoms with E-state index in [2.05, 4.69) is 11.9 Å². The lowest BCUT2D eigenvalue weighted by molar-refractivity contribution is 0.0335. The van der Waals surface area contributed by atoms with Crippen LogP contribution in [0.5, 0.6) is 0 Å². The van der Waals surface area contributed by atoms with Crippen molar-refractivity contribution in [1.29, 1.82) is 0 Å². The highest BCUT2D eigenvalue weighted by atomic mass is 16.3. The van der Waals surface area contributed by atoms with E-state index in [1.807, 2.05) is 4.90 Å². The Morgan fingerprint density at radius 2 is 2.10 bits per heavy atom. The first-order valence-electron chi connectivity index (χ1n) is 3.60. The molecule has 0 saturated carbocycles. The highest BCUT2D eigenvalue weighted by molar-refractivity contribution is 4.81. The van der Waals surface area contributed by atoms with Gasteiger partial charge in [-0.25, -0.2) is 0 Å². The third kappa shape index (κ3) is 1.80. The monoisotopic (exact) mass is 142 g/mol. The molecule has 0 aliphatic carbocycles. The van der Waals surface area contributed by atoms with Gasteiger partial charge in [-0.05, 0) is 6.08 Å². The molecule has 0 aromatic heterocycles. The Balaban J connectivity index is 2.30. The lowest BCUT2D eigenvalue weighted by atomic mass is 10.3. The molecule has 0 spiro atoms. The molecule has 1 aliphatic heterocycles. The Morgan fingerprint density at radius 3 is 2.60 bits per heavy atom. The molecule has 1 saturated heterocycles. The summed E-state index contributed by atoms with van der Waals surface area (Å²) in [5.41, 5.74) is 0. The number of hydrogen-bond acceptors (Lipinski definition) is 3. The number of aliphatic hydroxyl groups excluding tert-OH is 1. The number of aliphatic hydroxyl groups is 1. The predicted molar refractivity (Wildman–Crippen MR) is 40.6 cm³/mol. The van der Waals surface area contributed by atoms with Crippen LogP contribution in [-0.2, 0) is 0 Å². The van der Waals surface area contributed by atoms with Crippen LogP contribution in [0.1, 0.15) is 0 Å². The fourth-order valence-corrected chi connectivity index (χ4v) is 1.10. The molecule has 1 atom stereocenters. The lowest BCUT2D eigenvalue weighted by Crippen LogP contribution is -2.47. The maximum atomic E-state index is 9.26. The average molecular weight is 142 g/mol. The van der Waals surface area contributed by atoms with Gasteiger partial charge in [0.15, 0.2) is 0 Å². The van der Waals surface area contributed by atoms with Crippen molar-refractivity contribution in [3.8, 4) is 0 Å². The fourth-order valence-electron chi connectivity index (χ4n) is 1.10. The first-order chi connectivity index (χ1) is 4.84. The Kier molecular flexibility index (Phi) is 2.86. The van der Waals surface area contributed by atoms with Crippen LogP contribution >= 0.6 is 0 Å². The number of nitrogens with one attached hydrogen (secondary N) is 1. The topological polar surface area (TPSA) is 35.5 Å². The van der Waals surface area contributed by atoms with Gasteiger partial charge in [-0.1, -0.05) is 6.58 Å². The Labute approximate surface area is 61.3 Å². The highest BCUT2D eigenvalue weighted by Gasteiger charge is 2.13. The van der Waals surface area contributed by atoms with Crippen LogP contribution in [0.3, 0.4) is 0 Å². The zero-order valence-corrected chi connectivity index (χ0v) is 6.08. The quantitative estimate of drug-likeness (QED) is 0.505. The minimum Gasteiger partial charge on any atom is -0.375 e. The summed E-state index contributed by atoms with van der Waals surface area (Å²) in [6, 6.07) is 0. The van der Waals surface area contributed by atoms with E-state index < -0.39 is 6.23 Å².